The number of nitrogens with one attached hydrogen (secondary N) is 1. The fraction of sp³-hybridized carbons (Fsp3) is 0.188. The summed E-state index contributed by atoms with van der Waals surface area (Å²) in [7, 11) is 0. The predicted molar refractivity (Wildman–Crippen MR) is 83.7 cm³/mol. The molecule has 0 spiro atoms. The normalized spacial score (nSPS) is 10.8. The van der Waals surface area contributed by atoms with Gasteiger partial charge < -0.3 is 5.73 Å². The third-order valence-electron chi connectivity index (χ3n) is 3.64. The highest BCUT2D eigenvalue weighted by Crippen LogP contribution is 2.34. The van der Waals surface area contributed by atoms with Crippen LogP contribution in [0.5, 0.6) is 0 Å². The maximum atomic E-state index is 5.82. The zero-order valence-corrected chi connectivity index (χ0v) is 12.3. The molecule has 0 amide bonds. The van der Waals surface area contributed by atoms with Crippen LogP contribution in [0.25, 0.3) is 22.5 Å². The number of benzene rings is 1. The summed E-state index contributed by atoms with van der Waals surface area (Å²) in [6, 6.07) is 10.0. The van der Waals surface area contributed by atoms with Gasteiger partial charge in [-0.05, 0) is 26.3 Å². The molecule has 1 aromatic carbocycles. The van der Waals surface area contributed by atoms with Crippen molar-refractivity contribution in [3.63, 3.8) is 0 Å². The molecule has 0 aliphatic heterocycles. The lowest BCUT2D eigenvalue weighted by Crippen LogP contribution is -2.02. The standard InChI is InChI=1S/C16H17N5/c1-9-10(2)18-16(17)19-14(9)13-11(3)20-21-15(13)12-7-5-4-6-8-12/h4-8H,1-3H3,(H,20,21)(H2,17,18,19). The van der Waals surface area contributed by atoms with E-state index in [0.29, 0.717) is 0 Å². The quantitative estimate of drug-likeness (QED) is 0.755. The molecule has 3 N–H and O–H groups in total. The van der Waals surface area contributed by atoms with Crippen LogP contribution in [0.4, 0.5) is 5.95 Å². The lowest BCUT2D eigenvalue weighted by molar-refractivity contribution is 1.05. The molecule has 3 aromatic rings. The second-order valence-electron chi connectivity index (χ2n) is 5.08. The van der Waals surface area contributed by atoms with Crippen molar-refractivity contribution in [3.05, 3.63) is 47.3 Å². The first-order valence-corrected chi connectivity index (χ1v) is 6.79. The highest BCUT2D eigenvalue weighted by molar-refractivity contribution is 5.82. The summed E-state index contributed by atoms with van der Waals surface area (Å²) >= 11 is 0. The first-order chi connectivity index (χ1) is 10.1. The van der Waals surface area contributed by atoms with Gasteiger partial charge in [0, 0.05) is 22.5 Å². The molecule has 0 saturated heterocycles. The zero-order chi connectivity index (χ0) is 15.0. The van der Waals surface area contributed by atoms with E-state index in [2.05, 4.69) is 20.2 Å². The van der Waals surface area contributed by atoms with Crippen molar-refractivity contribution in [2.24, 2.45) is 0 Å². The molecule has 0 aliphatic rings. The average Bonchev–Trinajstić information content (AvgIpc) is 2.85. The van der Waals surface area contributed by atoms with E-state index < -0.39 is 0 Å². The zero-order valence-electron chi connectivity index (χ0n) is 12.3. The van der Waals surface area contributed by atoms with Crippen LogP contribution in [0.15, 0.2) is 30.3 Å². The SMILES string of the molecule is Cc1nc(N)nc(-c2c(-c3ccccc3)n[nH]c2C)c1C. The number of nitrogen functional groups attached to an aromatic ring is 1. The molecule has 2 aromatic heterocycles. The number of hydrogen-bond donors (Lipinski definition) is 2. The van der Waals surface area contributed by atoms with Gasteiger partial charge in [0.25, 0.3) is 0 Å². The lowest BCUT2D eigenvalue weighted by atomic mass is 10.00. The summed E-state index contributed by atoms with van der Waals surface area (Å²) < 4.78 is 0. The van der Waals surface area contributed by atoms with Gasteiger partial charge in [-0.25, -0.2) is 9.97 Å². The number of hydrogen-bond acceptors (Lipinski definition) is 4. The van der Waals surface area contributed by atoms with Crippen LogP contribution < -0.4 is 5.73 Å². The Labute approximate surface area is 123 Å². The van der Waals surface area contributed by atoms with Crippen molar-refractivity contribution < 1.29 is 0 Å². The molecule has 21 heavy (non-hydrogen) atoms. The Bertz CT molecular complexity index is 790. The van der Waals surface area contributed by atoms with E-state index in [1.807, 2.05) is 51.1 Å². The van der Waals surface area contributed by atoms with E-state index in [1.165, 1.54) is 0 Å². The molecule has 0 bridgehead atoms. The second-order valence-corrected chi connectivity index (χ2v) is 5.08. The van der Waals surface area contributed by atoms with Crippen LogP contribution in [-0.4, -0.2) is 20.2 Å². The first-order valence-electron chi connectivity index (χ1n) is 6.79. The Morgan fingerprint density at radius 3 is 2.38 bits per heavy atom. The van der Waals surface area contributed by atoms with Gasteiger partial charge >= 0.3 is 0 Å². The highest BCUT2D eigenvalue weighted by atomic mass is 15.1. The Kier molecular flexibility index (Phi) is 3.17. The fourth-order valence-corrected chi connectivity index (χ4v) is 2.42. The summed E-state index contributed by atoms with van der Waals surface area (Å²) in [6.07, 6.45) is 0. The Morgan fingerprint density at radius 2 is 1.67 bits per heavy atom. The molecule has 0 aliphatic carbocycles. The van der Waals surface area contributed by atoms with E-state index >= 15 is 0 Å². The van der Waals surface area contributed by atoms with Gasteiger partial charge in [-0.3, -0.25) is 5.10 Å². The van der Waals surface area contributed by atoms with Crippen LogP contribution in [0.3, 0.4) is 0 Å². The Hall–Kier alpha value is -2.69. The van der Waals surface area contributed by atoms with Crippen LogP contribution in [0.2, 0.25) is 0 Å². The average molecular weight is 279 g/mol. The summed E-state index contributed by atoms with van der Waals surface area (Å²) in [4.78, 5) is 8.64. The van der Waals surface area contributed by atoms with Gasteiger partial charge in [0.1, 0.15) is 5.69 Å². The van der Waals surface area contributed by atoms with Crippen molar-refractivity contribution in [3.8, 4) is 22.5 Å². The molecule has 5 nitrogen and oxygen atoms in total. The smallest absolute Gasteiger partial charge is 0.220 e. The van der Waals surface area contributed by atoms with Gasteiger partial charge in [0.2, 0.25) is 5.95 Å². The molecule has 0 atom stereocenters. The lowest BCUT2D eigenvalue weighted by Gasteiger charge is -2.10. The number of anilines is 1. The number of rotatable bonds is 2. The van der Waals surface area contributed by atoms with Gasteiger partial charge in [0.05, 0.1) is 5.69 Å². The molecule has 5 heteroatoms. The number of H-pyrrole nitrogens is 1. The van der Waals surface area contributed by atoms with E-state index in [-0.39, 0.29) is 5.95 Å². The van der Waals surface area contributed by atoms with E-state index in [9.17, 15) is 0 Å². The predicted octanol–water partition coefficient (Wildman–Crippen LogP) is 3.04. The molecular weight excluding hydrogens is 262 g/mol. The number of aromatic amines is 1. The molecule has 0 unspecified atom stereocenters. The number of nitrogens with zero attached hydrogens (tertiary/aromatic N) is 3. The van der Waals surface area contributed by atoms with Crippen LogP contribution in [0, 0.1) is 20.8 Å². The third kappa shape index (κ3) is 2.27. The van der Waals surface area contributed by atoms with Crippen molar-refractivity contribution in [1.82, 2.24) is 20.2 Å². The first kappa shape index (κ1) is 13.3. The van der Waals surface area contributed by atoms with E-state index in [4.69, 9.17) is 5.73 Å². The minimum absolute atomic E-state index is 0.285. The van der Waals surface area contributed by atoms with Crippen molar-refractivity contribution in [2.75, 3.05) is 5.73 Å². The molecule has 0 saturated carbocycles. The largest absolute Gasteiger partial charge is 0.368 e. The third-order valence-corrected chi connectivity index (χ3v) is 3.64. The monoisotopic (exact) mass is 279 g/mol. The minimum atomic E-state index is 0.285. The minimum Gasteiger partial charge on any atom is -0.368 e. The van der Waals surface area contributed by atoms with Crippen molar-refractivity contribution in [2.45, 2.75) is 20.8 Å². The van der Waals surface area contributed by atoms with Crippen molar-refractivity contribution >= 4 is 5.95 Å². The second kappa shape index (κ2) is 5.01. The number of nitrogens with two attached hydrogens (primary N) is 1. The summed E-state index contributed by atoms with van der Waals surface area (Å²) in [5.74, 6) is 0.285. The molecule has 106 valence electrons. The number of aryl methyl sites for hydroxylation is 2. The van der Waals surface area contributed by atoms with E-state index in [0.717, 1.165) is 39.5 Å². The molecule has 0 fully saturated rings. The topological polar surface area (TPSA) is 80.5 Å². The van der Waals surface area contributed by atoms with E-state index in [1.54, 1.807) is 0 Å². The van der Waals surface area contributed by atoms with Gasteiger partial charge in [-0.1, -0.05) is 30.3 Å². The van der Waals surface area contributed by atoms with Gasteiger partial charge in [0.15, 0.2) is 0 Å². The number of aromatic nitrogens is 4. The fourth-order valence-electron chi connectivity index (χ4n) is 2.42. The molecule has 0 radical (unpaired) electrons. The molecule has 2 heterocycles. The van der Waals surface area contributed by atoms with Gasteiger partial charge in [-0.2, -0.15) is 5.10 Å². The Balaban J connectivity index is 2.27. The highest BCUT2D eigenvalue weighted by Gasteiger charge is 2.19. The van der Waals surface area contributed by atoms with Crippen LogP contribution in [0.1, 0.15) is 17.0 Å². The van der Waals surface area contributed by atoms with Crippen molar-refractivity contribution in [1.29, 1.82) is 0 Å². The summed E-state index contributed by atoms with van der Waals surface area (Å²) in [6.45, 7) is 5.93. The Morgan fingerprint density at radius 1 is 0.952 bits per heavy atom. The summed E-state index contributed by atoms with van der Waals surface area (Å²) in [5, 5.41) is 7.49. The maximum absolute atomic E-state index is 5.82. The maximum Gasteiger partial charge on any atom is 0.220 e. The van der Waals surface area contributed by atoms with Crippen LogP contribution in [-0.2, 0) is 0 Å². The molecular formula is C16H17N5. The molecule has 3 rings (SSSR count). The van der Waals surface area contributed by atoms with Gasteiger partial charge in [-0.15, -0.1) is 0 Å². The van der Waals surface area contributed by atoms with Crippen LogP contribution >= 0.6 is 0 Å². The summed E-state index contributed by atoms with van der Waals surface area (Å²) in [5.41, 5.74) is 12.4.